The number of allylic oxidation sites excluding steroid dienone is 9. The van der Waals surface area contributed by atoms with Gasteiger partial charge in [-0.15, -0.1) is 0 Å². The number of ketones is 2. The molecule has 4 aromatic carbocycles. The Balaban J connectivity index is 0.00000940. The molecular weight excluding hydrogens is 1100 g/mol. The third kappa shape index (κ3) is 12.5. The largest absolute Gasteiger partial charge is 2.00 e. The first-order chi connectivity index (χ1) is 38.3. The SMILES string of the molecule is CC(C)(C)c1cc(C2=C3C=CC(=N3)C(c3cc(C(C)(C)C)cc(C(C)(C)C)c3)=C3N=C(C([O-])=C3[O-])C(c3cc(C(C)(C)C)cc(C(C)(C)C)c3)=C3C=CC(=N3)C(c3cc(C(C)(C)C)cc(C(C)(C)C)c3)=C3N=C2C(=O)C3=O)cc(C(C)(C)C)c1.[Zn+2]. The molecule has 0 fully saturated rings. The maximum absolute atomic E-state index is 15.6. The number of nitrogens with zero attached hydrogens (tertiary/aromatic N) is 4. The zero-order valence-corrected chi connectivity index (χ0v) is 58.3. The summed E-state index contributed by atoms with van der Waals surface area (Å²) in [6, 6.07) is 25.6. The molecule has 438 valence electrons. The molecule has 0 aromatic heterocycles. The standard InChI is InChI=1S/C76H90N4O4.Zn/c1-69(2,3)45-29-41(30-46(37-45)70(4,5)6)57-53-25-26-54(77-53)58(42-31-47(71(7,8)9)38-48(32-42)72(10,11)12)63-67(83)68(84)64(80-63)60(44-35-51(75(19,20)21)40-52(36-44)76(22,23)24)56-28-27-55(78-56)59(62-66(82)65(81)61(57)79-62)43-33-49(73(13,14)15)39-50(34-43)74(16,17)18;/h25-40,81-82H,1-24H3;/q;+2/p-2. The molecule has 0 saturated carbocycles. The Bertz CT molecular complexity index is 3590. The van der Waals surface area contributed by atoms with Crippen molar-refractivity contribution in [2.75, 3.05) is 0 Å². The fourth-order valence-electron chi connectivity index (χ4n) is 11.0. The maximum Gasteiger partial charge on any atom is 2.00 e. The third-order valence-electron chi connectivity index (χ3n) is 16.8. The van der Waals surface area contributed by atoms with Crippen LogP contribution in [0.3, 0.4) is 0 Å². The average molecular weight is 1190 g/mol. The summed E-state index contributed by atoms with van der Waals surface area (Å²) in [4.78, 5) is 52.8. The molecule has 85 heavy (non-hydrogen) atoms. The summed E-state index contributed by atoms with van der Waals surface area (Å²) in [6.07, 6.45) is 7.36. The Hall–Kier alpha value is -6.70. The van der Waals surface area contributed by atoms with Crippen LogP contribution in [0.1, 0.15) is 233 Å². The van der Waals surface area contributed by atoms with Gasteiger partial charge in [-0.25, -0.2) is 20.0 Å². The quantitative estimate of drug-likeness (QED) is 0.149. The predicted octanol–water partition coefficient (Wildman–Crippen LogP) is 16.0. The van der Waals surface area contributed by atoms with Crippen molar-refractivity contribution in [2.24, 2.45) is 20.0 Å². The van der Waals surface area contributed by atoms with Crippen LogP contribution >= 0.6 is 0 Å². The molecule has 0 radical (unpaired) electrons. The van der Waals surface area contributed by atoms with Gasteiger partial charge in [-0.05, 0) is 134 Å². The molecule has 8 bridgehead atoms. The van der Waals surface area contributed by atoms with Crippen LogP contribution in [0, 0.1) is 0 Å². The molecule has 0 amide bonds. The number of hydrogen-bond acceptors (Lipinski definition) is 8. The molecule has 9 heteroatoms. The van der Waals surface area contributed by atoms with E-state index in [2.05, 4.69) is 239 Å². The van der Waals surface area contributed by atoms with Crippen LogP contribution in [0.5, 0.6) is 0 Å². The van der Waals surface area contributed by atoms with E-state index in [0.29, 0.717) is 67.4 Å². The van der Waals surface area contributed by atoms with Crippen molar-refractivity contribution < 1.29 is 39.3 Å². The van der Waals surface area contributed by atoms with Gasteiger partial charge in [-0.1, -0.05) is 250 Å². The Morgan fingerprint density at radius 2 is 0.529 bits per heavy atom. The second-order valence-electron chi connectivity index (χ2n) is 32.1. The summed E-state index contributed by atoms with van der Waals surface area (Å²) < 4.78 is 0. The summed E-state index contributed by atoms with van der Waals surface area (Å²) in [6.45, 7) is 51.8. The van der Waals surface area contributed by atoms with Gasteiger partial charge in [0.2, 0.25) is 0 Å². The van der Waals surface area contributed by atoms with Gasteiger partial charge in [0.1, 0.15) is 11.4 Å². The molecule has 0 saturated heterocycles. The Morgan fingerprint density at radius 3 is 0.812 bits per heavy atom. The van der Waals surface area contributed by atoms with Crippen molar-refractivity contribution in [2.45, 2.75) is 209 Å². The zero-order valence-electron chi connectivity index (χ0n) is 55.4. The number of hydrogen-bond donors (Lipinski definition) is 0. The normalized spacial score (nSPS) is 17.4. The fourth-order valence-corrected chi connectivity index (χ4v) is 11.0. The molecule has 0 spiro atoms. The second kappa shape index (κ2) is 21.3. The van der Waals surface area contributed by atoms with Crippen LogP contribution in [0.15, 0.2) is 151 Å². The van der Waals surface area contributed by atoms with E-state index in [1.54, 1.807) is 0 Å². The number of rotatable bonds is 4. The van der Waals surface area contributed by atoms with Crippen LogP contribution < -0.4 is 10.2 Å². The molecule has 5 aliphatic rings. The topological polar surface area (TPSA) is 130 Å². The van der Waals surface area contributed by atoms with Gasteiger partial charge in [0.25, 0.3) is 11.6 Å². The molecule has 4 aromatic rings. The van der Waals surface area contributed by atoms with Crippen molar-refractivity contribution in [1.82, 2.24) is 0 Å². The molecule has 8 nitrogen and oxygen atoms in total. The van der Waals surface area contributed by atoms with Gasteiger partial charge in [-0.3, -0.25) is 9.59 Å². The van der Waals surface area contributed by atoms with Gasteiger partial charge in [0.15, 0.2) is 0 Å². The minimum Gasteiger partial charge on any atom is -0.871 e. The number of benzene rings is 4. The fraction of sp³-hybridized carbons (Fsp3) is 0.421. The molecule has 9 rings (SSSR count). The first-order valence-corrected chi connectivity index (χ1v) is 29.9. The summed E-state index contributed by atoms with van der Waals surface area (Å²) >= 11 is 0. The third-order valence-corrected chi connectivity index (χ3v) is 16.8. The van der Waals surface area contributed by atoms with Gasteiger partial charge in [0, 0.05) is 22.3 Å². The molecule has 5 aliphatic heterocycles. The van der Waals surface area contributed by atoms with Gasteiger partial charge < -0.3 is 10.2 Å². The van der Waals surface area contributed by atoms with E-state index in [1.165, 1.54) is 0 Å². The van der Waals surface area contributed by atoms with Crippen LogP contribution in [0.2, 0.25) is 0 Å². The molecular formula is C76H88N4O4Zn. The van der Waals surface area contributed by atoms with E-state index in [1.807, 2.05) is 24.3 Å². The summed E-state index contributed by atoms with van der Waals surface area (Å²) in [7, 11) is 0. The minimum absolute atomic E-state index is 0. The molecule has 5 heterocycles. The van der Waals surface area contributed by atoms with E-state index >= 15 is 19.8 Å². The first kappa shape index (κ1) is 64.3. The number of Topliss-reactive ketones (excluding diaryl/α,β-unsaturated/α-hetero) is 2. The van der Waals surface area contributed by atoms with Gasteiger partial charge in [0.05, 0.1) is 34.2 Å². The molecule has 0 atom stereocenters. The minimum atomic E-state index is -0.766. The summed E-state index contributed by atoms with van der Waals surface area (Å²) in [5, 5.41) is 31.2. The number of carbonyl (C=O) groups is 2. The summed E-state index contributed by atoms with van der Waals surface area (Å²) in [5.74, 6) is -3.07. The van der Waals surface area contributed by atoms with E-state index < -0.39 is 23.1 Å². The van der Waals surface area contributed by atoms with Crippen LogP contribution in [-0.4, -0.2) is 34.4 Å². The molecule has 0 unspecified atom stereocenters. The van der Waals surface area contributed by atoms with Crippen molar-refractivity contribution >= 4 is 56.7 Å². The first-order valence-electron chi connectivity index (χ1n) is 29.9. The maximum atomic E-state index is 15.6. The Kier molecular flexibility index (Phi) is 16.1. The Morgan fingerprint density at radius 1 is 0.282 bits per heavy atom. The van der Waals surface area contributed by atoms with Crippen molar-refractivity contribution in [3.8, 4) is 0 Å². The monoisotopic (exact) mass is 1180 g/mol. The summed E-state index contributed by atoms with van der Waals surface area (Å²) in [5.41, 5.74) is 11.0. The van der Waals surface area contributed by atoms with E-state index in [0.717, 1.165) is 44.5 Å². The zero-order chi connectivity index (χ0) is 62.3. The van der Waals surface area contributed by atoms with Crippen molar-refractivity contribution in [3.05, 3.63) is 198 Å². The Labute approximate surface area is 520 Å². The molecule has 0 aliphatic carbocycles. The van der Waals surface area contributed by atoms with Crippen LogP contribution in [0.4, 0.5) is 0 Å². The molecule has 0 N–H and O–H groups in total. The van der Waals surface area contributed by atoms with Crippen LogP contribution in [0.25, 0.3) is 22.3 Å². The predicted molar refractivity (Wildman–Crippen MR) is 348 cm³/mol. The van der Waals surface area contributed by atoms with Crippen molar-refractivity contribution in [1.29, 1.82) is 0 Å². The average Bonchev–Trinajstić information content (AvgIpc) is 1.77. The second-order valence-corrected chi connectivity index (χ2v) is 32.1. The van der Waals surface area contributed by atoms with Crippen LogP contribution in [-0.2, 0) is 72.4 Å². The van der Waals surface area contributed by atoms with E-state index in [9.17, 15) is 0 Å². The smallest absolute Gasteiger partial charge is 0.871 e. The number of aliphatic imine (C=N–C) groups is 4. The van der Waals surface area contributed by atoms with E-state index in [4.69, 9.17) is 20.0 Å². The number of carbonyl (C=O) groups excluding carboxylic acids is 2. The number of fused-ring (bicyclic) bond motifs is 4. The van der Waals surface area contributed by atoms with Gasteiger partial charge >= 0.3 is 19.5 Å². The van der Waals surface area contributed by atoms with Crippen molar-refractivity contribution in [3.63, 3.8) is 0 Å². The van der Waals surface area contributed by atoms with Gasteiger partial charge in [-0.2, -0.15) is 0 Å². The van der Waals surface area contributed by atoms with E-state index in [-0.39, 0.29) is 85.6 Å².